The van der Waals surface area contributed by atoms with Crippen LogP contribution >= 0.6 is 0 Å². The standard InChI is InChI=1S/C17H21N3/c18-20-17(12-16-6-1-2-11-19-16)15-9-7-14(8-10-15)13-4-3-5-13/h1-2,6-11,13,17,20H,3-5,12,18H2. The molecule has 1 heterocycles. The van der Waals surface area contributed by atoms with E-state index in [1.54, 1.807) is 0 Å². The van der Waals surface area contributed by atoms with Crippen molar-refractivity contribution in [3.8, 4) is 0 Å². The summed E-state index contributed by atoms with van der Waals surface area (Å²) in [6.07, 6.45) is 6.68. The van der Waals surface area contributed by atoms with Crippen molar-refractivity contribution in [3.05, 3.63) is 65.5 Å². The predicted octanol–water partition coefficient (Wildman–Crippen LogP) is 3.10. The van der Waals surface area contributed by atoms with Crippen LogP contribution in [0, 0.1) is 0 Å². The van der Waals surface area contributed by atoms with E-state index >= 15 is 0 Å². The molecule has 104 valence electrons. The van der Waals surface area contributed by atoms with Crippen molar-refractivity contribution in [2.24, 2.45) is 5.84 Å². The molecule has 0 bridgehead atoms. The second-order valence-electron chi connectivity index (χ2n) is 5.54. The van der Waals surface area contributed by atoms with Crippen LogP contribution in [0.15, 0.2) is 48.7 Å². The van der Waals surface area contributed by atoms with E-state index in [0.717, 1.165) is 18.0 Å². The van der Waals surface area contributed by atoms with Gasteiger partial charge in [-0.05, 0) is 42.0 Å². The van der Waals surface area contributed by atoms with Crippen LogP contribution in [0.5, 0.6) is 0 Å². The van der Waals surface area contributed by atoms with Gasteiger partial charge in [-0.25, -0.2) is 0 Å². The highest BCUT2D eigenvalue weighted by atomic mass is 15.2. The first-order valence-corrected chi connectivity index (χ1v) is 7.32. The quantitative estimate of drug-likeness (QED) is 0.646. The summed E-state index contributed by atoms with van der Waals surface area (Å²) in [5, 5.41) is 0. The molecule has 0 spiro atoms. The van der Waals surface area contributed by atoms with E-state index in [2.05, 4.69) is 34.7 Å². The number of nitrogens with zero attached hydrogens (tertiary/aromatic N) is 1. The number of hydrogen-bond acceptors (Lipinski definition) is 3. The monoisotopic (exact) mass is 267 g/mol. The highest BCUT2D eigenvalue weighted by molar-refractivity contribution is 5.29. The Hall–Kier alpha value is -1.71. The number of rotatable bonds is 5. The summed E-state index contributed by atoms with van der Waals surface area (Å²) in [5.74, 6) is 6.49. The molecule has 1 aromatic carbocycles. The van der Waals surface area contributed by atoms with E-state index in [-0.39, 0.29) is 6.04 Å². The van der Waals surface area contributed by atoms with Gasteiger partial charge in [0.1, 0.15) is 0 Å². The topological polar surface area (TPSA) is 50.9 Å². The lowest BCUT2D eigenvalue weighted by Crippen LogP contribution is -2.29. The fourth-order valence-electron chi connectivity index (χ4n) is 2.74. The number of hydrogen-bond donors (Lipinski definition) is 2. The molecule has 1 atom stereocenters. The zero-order valence-corrected chi connectivity index (χ0v) is 11.6. The third-order valence-electron chi connectivity index (χ3n) is 4.26. The van der Waals surface area contributed by atoms with Gasteiger partial charge < -0.3 is 0 Å². The van der Waals surface area contributed by atoms with Crippen LogP contribution < -0.4 is 11.3 Å². The average molecular weight is 267 g/mol. The highest BCUT2D eigenvalue weighted by Crippen LogP contribution is 2.36. The van der Waals surface area contributed by atoms with Gasteiger partial charge in [-0.2, -0.15) is 0 Å². The van der Waals surface area contributed by atoms with E-state index in [4.69, 9.17) is 5.84 Å². The molecular weight excluding hydrogens is 246 g/mol. The molecule has 0 radical (unpaired) electrons. The Bertz CT molecular complexity index is 532. The molecule has 1 saturated carbocycles. The Balaban J connectivity index is 1.72. The van der Waals surface area contributed by atoms with Crippen LogP contribution in [-0.2, 0) is 6.42 Å². The van der Waals surface area contributed by atoms with Crippen LogP contribution in [0.25, 0.3) is 0 Å². The fourth-order valence-corrected chi connectivity index (χ4v) is 2.74. The molecular formula is C17H21N3. The fraction of sp³-hybridized carbons (Fsp3) is 0.353. The molecule has 3 rings (SSSR count). The summed E-state index contributed by atoms with van der Waals surface area (Å²) in [7, 11) is 0. The molecule has 3 heteroatoms. The Morgan fingerprint density at radius 3 is 2.50 bits per heavy atom. The zero-order valence-electron chi connectivity index (χ0n) is 11.6. The average Bonchev–Trinajstić information content (AvgIpc) is 2.45. The second kappa shape index (κ2) is 6.16. The molecule has 0 aliphatic heterocycles. The van der Waals surface area contributed by atoms with Crippen molar-refractivity contribution in [1.29, 1.82) is 0 Å². The van der Waals surface area contributed by atoms with Gasteiger partial charge in [-0.15, -0.1) is 0 Å². The van der Waals surface area contributed by atoms with Gasteiger partial charge >= 0.3 is 0 Å². The number of nitrogens with two attached hydrogens (primary N) is 1. The second-order valence-corrected chi connectivity index (χ2v) is 5.54. The van der Waals surface area contributed by atoms with Crippen LogP contribution in [0.2, 0.25) is 0 Å². The normalized spacial score (nSPS) is 16.6. The van der Waals surface area contributed by atoms with Crippen molar-refractivity contribution >= 4 is 0 Å². The van der Waals surface area contributed by atoms with Crippen molar-refractivity contribution in [3.63, 3.8) is 0 Å². The minimum Gasteiger partial charge on any atom is -0.271 e. The lowest BCUT2D eigenvalue weighted by Gasteiger charge is -2.26. The SMILES string of the molecule is NNC(Cc1ccccn1)c1ccc(C2CCC2)cc1. The van der Waals surface area contributed by atoms with Gasteiger partial charge in [0.25, 0.3) is 0 Å². The van der Waals surface area contributed by atoms with Crippen molar-refractivity contribution in [2.45, 2.75) is 37.6 Å². The maximum absolute atomic E-state index is 5.71. The number of pyridine rings is 1. The molecule has 1 aliphatic carbocycles. The molecule has 1 fully saturated rings. The molecule has 2 aromatic rings. The molecule has 3 nitrogen and oxygen atoms in total. The summed E-state index contributed by atoms with van der Waals surface area (Å²) in [6, 6.07) is 15.0. The highest BCUT2D eigenvalue weighted by Gasteiger charge is 2.19. The summed E-state index contributed by atoms with van der Waals surface area (Å²) >= 11 is 0. The van der Waals surface area contributed by atoms with Gasteiger partial charge in [0.15, 0.2) is 0 Å². The minimum absolute atomic E-state index is 0.111. The zero-order chi connectivity index (χ0) is 13.8. The minimum atomic E-state index is 0.111. The van der Waals surface area contributed by atoms with Crippen LogP contribution in [0.3, 0.4) is 0 Å². The molecule has 0 saturated heterocycles. The Kier molecular flexibility index (Phi) is 4.09. The number of aromatic nitrogens is 1. The summed E-state index contributed by atoms with van der Waals surface area (Å²) in [5.41, 5.74) is 6.65. The van der Waals surface area contributed by atoms with E-state index in [1.807, 2.05) is 24.4 Å². The Morgan fingerprint density at radius 1 is 1.15 bits per heavy atom. The van der Waals surface area contributed by atoms with E-state index in [1.165, 1.54) is 30.4 Å². The third kappa shape index (κ3) is 2.89. The van der Waals surface area contributed by atoms with Gasteiger partial charge in [0, 0.05) is 18.3 Å². The van der Waals surface area contributed by atoms with E-state index < -0.39 is 0 Å². The van der Waals surface area contributed by atoms with E-state index in [0.29, 0.717) is 0 Å². The lowest BCUT2D eigenvalue weighted by molar-refractivity contribution is 0.419. The molecule has 1 aromatic heterocycles. The maximum atomic E-state index is 5.71. The molecule has 1 aliphatic rings. The first kappa shape index (κ1) is 13.3. The number of nitrogens with one attached hydrogen (secondary N) is 1. The molecule has 20 heavy (non-hydrogen) atoms. The van der Waals surface area contributed by atoms with Crippen LogP contribution in [0.4, 0.5) is 0 Å². The predicted molar refractivity (Wildman–Crippen MR) is 81.0 cm³/mol. The van der Waals surface area contributed by atoms with Gasteiger partial charge in [-0.3, -0.25) is 16.3 Å². The summed E-state index contributed by atoms with van der Waals surface area (Å²) < 4.78 is 0. The molecule has 0 amide bonds. The molecule has 1 unspecified atom stereocenters. The molecule has 3 N–H and O–H groups in total. The first-order valence-electron chi connectivity index (χ1n) is 7.32. The number of hydrazine groups is 1. The van der Waals surface area contributed by atoms with Crippen molar-refractivity contribution in [2.75, 3.05) is 0 Å². The van der Waals surface area contributed by atoms with Gasteiger partial charge in [0.2, 0.25) is 0 Å². The van der Waals surface area contributed by atoms with E-state index in [9.17, 15) is 0 Å². The van der Waals surface area contributed by atoms with Crippen LogP contribution in [-0.4, -0.2) is 4.98 Å². The van der Waals surface area contributed by atoms with Gasteiger partial charge in [-0.1, -0.05) is 36.8 Å². The third-order valence-corrected chi connectivity index (χ3v) is 4.26. The summed E-state index contributed by atoms with van der Waals surface area (Å²) in [6.45, 7) is 0. The Labute approximate surface area is 120 Å². The Morgan fingerprint density at radius 2 is 1.95 bits per heavy atom. The van der Waals surface area contributed by atoms with Crippen molar-refractivity contribution in [1.82, 2.24) is 10.4 Å². The number of benzene rings is 1. The maximum Gasteiger partial charge on any atom is 0.0515 e. The smallest absolute Gasteiger partial charge is 0.0515 e. The van der Waals surface area contributed by atoms with Crippen molar-refractivity contribution < 1.29 is 0 Å². The largest absolute Gasteiger partial charge is 0.271 e. The summed E-state index contributed by atoms with van der Waals surface area (Å²) in [4.78, 5) is 4.36. The van der Waals surface area contributed by atoms with Gasteiger partial charge in [0.05, 0.1) is 6.04 Å². The van der Waals surface area contributed by atoms with Crippen LogP contribution in [0.1, 0.15) is 48.0 Å². The lowest BCUT2D eigenvalue weighted by atomic mass is 9.80. The first-order chi connectivity index (χ1) is 9.86.